The van der Waals surface area contributed by atoms with E-state index in [1.54, 1.807) is 0 Å². The Morgan fingerprint density at radius 2 is 1.89 bits per heavy atom. The van der Waals surface area contributed by atoms with E-state index in [9.17, 15) is 0 Å². The number of nitrogens with one attached hydrogen (secondary N) is 1. The SMILES string of the molecule is CCc1nc(NCC(C)C)cc(OCC(C)C)n1. The molecule has 0 bridgehead atoms. The molecule has 0 aliphatic carbocycles. The van der Waals surface area contributed by atoms with Crippen LogP contribution in [0.1, 0.15) is 40.4 Å². The number of ether oxygens (including phenoxy) is 1. The fourth-order valence-corrected chi connectivity index (χ4v) is 1.36. The first-order chi connectivity index (χ1) is 8.51. The van der Waals surface area contributed by atoms with Crippen LogP contribution in [0.4, 0.5) is 5.82 Å². The van der Waals surface area contributed by atoms with Crippen molar-refractivity contribution >= 4 is 5.82 Å². The molecular formula is C14H25N3O. The molecule has 0 unspecified atom stereocenters. The van der Waals surface area contributed by atoms with E-state index in [1.807, 2.05) is 13.0 Å². The third-order valence-corrected chi connectivity index (χ3v) is 2.32. The number of anilines is 1. The Balaban J connectivity index is 2.74. The zero-order valence-corrected chi connectivity index (χ0v) is 12.2. The van der Waals surface area contributed by atoms with E-state index >= 15 is 0 Å². The molecule has 0 atom stereocenters. The molecule has 1 rings (SSSR count). The third-order valence-electron chi connectivity index (χ3n) is 2.32. The second-order valence-electron chi connectivity index (χ2n) is 5.34. The molecule has 1 aromatic heterocycles. The Labute approximate surface area is 110 Å². The molecule has 0 saturated heterocycles. The van der Waals surface area contributed by atoms with Gasteiger partial charge in [-0.1, -0.05) is 34.6 Å². The predicted molar refractivity (Wildman–Crippen MR) is 75.1 cm³/mol. The van der Waals surface area contributed by atoms with E-state index in [4.69, 9.17) is 4.74 Å². The average molecular weight is 251 g/mol. The molecule has 102 valence electrons. The molecule has 1 heterocycles. The Morgan fingerprint density at radius 1 is 1.17 bits per heavy atom. The zero-order valence-electron chi connectivity index (χ0n) is 12.2. The summed E-state index contributed by atoms with van der Waals surface area (Å²) in [6, 6.07) is 1.88. The first-order valence-electron chi connectivity index (χ1n) is 6.75. The molecule has 0 aliphatic rings. The van der Waals surface area contributed by atoms with Crippen molar-refractivity contribution in [1.29, 1.82) is 0 Å². The molecule has 0 saturated carbocycles. The first-order valence-corrected chi connectivity index (χ1v) is 6.75. The summed E-state index contributed by atoms with van der Waals surface area (Å²) in [6.45, 7) is 12.2. The summed E-state index contributed by atoms with van der Waals surface area (Å²) in [5.41, 5.74) is 0. The molecule has 1 N–H and O–H groups in total. The molecular weight excluding hydrogens is 226 g/mol. The highest BCUT2D eigenvalue weighted by molar-refractivity contribution is 5.38. The van der Waals surface area contributed by atoms with Crippen molar-refractivity contribution in [3.63, 3.8) is 0 Å². The van der Waals surface area contributed by atoms with E-state index in [0.29, 0.717) is 24.3 Å². The van der Waals surface area contributed by atoms with Gasteiger partial charge in [-0.25, -0.2) is 4.98 Å². The van der Waals surface area contributed by atoms with Crippen LogP contribution in [0, 0.1) is 11.8 Å². The van der Waals surface area contributed by atoms with Crippen molar-refractivity contribution in [3.8, 4) is 5.88 Å². The zero-order chi connectivity index (χ0) is 13.5. The summed E-state index contributed by atoms with van der Waals surface area (Å²) in [7, 11) is 0. The van der Waals surface area contributed by atoms with Crippen LogP contribution in [0.25, 0.3) is 0 Å². The number of rotatable bonds is 7. The van der Waals surface area contributed by atoms with Gasteiger partial charge in [0.25, 0.3) is 0 Å². The van der Waals surface area contributed by atoms with Crippen LogP contribution in [0.15, 0.2) is 6.07 Å². The molecule has 1 aromatic rings. The molecule has 4 heteroatoms. The molecule has 0 aromatic carbocycles. The minimum Gasteiger partial charge on any atom is -0.477 e. The molecule has 0 spiro atoms. The lowest BCUT2D eigenvalue weighted by Gasteiger charge is -2.12. The van der Waals surface area contributed by atoms with Gasteiger partial charge in [0.1, 0.15) is 11.6 Å². The lowest BCUT2D eigenvalue weighted by Crippen LogP contribution is -2.12. The number of aryl methyl sites for hydroxylation is 1. The van der Waals surface area contributed by atoms with E-state index in [2.05, 4.69) is 43.0 Å². The van der Waals surface area contributed by atoms with Gasteiger partial charge in [-0.2, -0.15) is 4.98 Å². The van der Waals surface area contributed by atoms with Crippen molar-refractivity contribution in [2.45, 2.75) is 41.0 Å². The normalized spacial score (nSPS) is 11.1. The minimum absolute atomic E-state index is 0.497. The largest absolute Gasteiger partial charge is 0.477 e. The van der Waals surface area contributed by atoms with Crippen molar-refractivity contribution in [2.75, 3.05) is 18.5 Å². The predicted octanol–water partition coefficient (Wildman–Crippen LogP) is 3.14. The van der Waals surface area contributed by atoms with Crippen LogP contribution in [-0.2, 0) is 6.42 Å². The number of hydrogen-bond acceptors (Lipinski definition) is 4. The Morgan fingerprint density at radius 3 is 2.44 bits per heavy atom. The summed E-state index contributed by atoms with van der Waals surface area (Å²) in [6.07, 6.45) is 0.815. The number of hydrogen-bond donors (Lipinski definition) is 1. The molecule has 0 amide bonds. The van der Waals surface area contributed by atoms with Crippen molar-refractivity contribution in [2.24, 2.45) is 11.8 Å². The van der Waals surface area contributed by atoms with Crippen molar-refractivity contribution < 1.29 is 4.74 Å². The summed E-state index contributed by atoms with van der Waals surface area (Å²) in [4.78, 5) is 8.83. The average Bonchev–Trinajstić information content (AvgIpc) is 2.33. The van der Waals surface area contributed by atoms with Gasteiger partial charge < -0.3 is 10.1 Å². The van der Waals surface area contributed by atoms with Crippen LogP contribution in [0.3, 0.4) is 0 Å². The molecule has 0 radical (unpaired) electrons. The summed E-state index contributed by atoms with van der Waals surface area (Å²) >= 11 is 0. The first kappa shape index (κ1) is 14.7. The number of aromatic nitrogens is 2. The fraction of sp³-hybridized carbons (Fsp3) is 0.714. The molecule has 4 nitrogen and oxygen atoms in total. The minimum atomic E-state index is 0.497. The van der Waals surface area contributed by atoms with Gasteiger partial charge >= 0.3 is 0 Å². The van der Waals surface area contributed by atoms with Gasteiger partial charge in [0.05, 0.1) is 6.61 Å². The fourth-order valence-electron chi connectivity index (χ4n) is 1.36. The molecule has 18 heavy (non-hydrogen) atoms. The van der Waals surface area contributed by atoms with Gasteiger partial charge in [0, 0.05) is 19.0 Å². The highest BCUT2D eigenvalue weighted by Crippen LogP contribution is 2.15. The van der Waals surface area contributed by atoms with Gasteiger partial charge in [0.15, 0.2) is 0 Å². The monoisotopic (exact) mass is 251 g/mol. The van der Waals surface area contributed by atoms with Crippen LogP contribution >= 0.6 is 0 Å². The second kappa shape index (κ2) is 7.19. The van der Waals surface area contributed by atoms with Crippen LogP contribution in [0.5, 0.6) is 5.88 Å². The lowest BCUT2D eigenvalue weighted by molar-refractivity contribution is 0.260. The molecule has 0 fully saturated rings. The Kier molecular flexibility index (Phi) is 5.89. The van der Waals surface area contributed by atoms with E-state index in [-0.39, 0.29) is 0 Å². The summed E-state index contributed by atoms with van der Waals surface area (Å²) < 4.78 is 5.67. The quantitative estimate of drug-likeness (QED) is 0.808. The van der Waals surface area contributed by atoms with E-state index < -0.39 is 0 Å². The van der Waals surface area contributed by atoms with Gasteiger partial charge in [0.2, 0.25) is 5.88 Å². The van der Waals surface area contributed by atoms with Gasteiger partial charge in [-0.3, -0.25) is 0 Å². The maximum Gasteiger partial charge on any atom is 0.218 e. The lowest BCUT2D eigenvalue weighted by atomic mass is 10.2. The van der Waals surface area contributed by atoms with Crippen LogP contribution < -0.4 is 10.1 Å². The highest BCUT2D eigenvalue weighted by atomic mass is 16.5. The summed E-state index contributed by atoms with van der Waals surface area (Å²) in [5, 5.41) is 3.32. The summed E-state index contributed by atoms with van der Waals surface area (Å²) in [5.74, 6) is 3.43. The topological polar surface area (TPSA) is 47.0 Å². The van der Waals surface area contributed by atoms with Gasteiger partial charge in [-0.15, -0.1) is 0 Å². The van der Waals surface area contributed by atoms with E-state index in [0.717, 1.165) is 24.6 Å². The second-order valence-corrected chi connectivity index (χ2v) is 5.34. The number of nitrogens with zero attached hydrogens (tertiary/aromatic N) is 2. The Hall–Kier alpha value is -1.32. The van der Waals surface area contributed by atoms with Crippen molar-refractivity contribution in [1.82, 2.24) is 9.97 Å². The maximum absolute atomic E-state index is 5.67. The van der Waals surface area contributed by atoms with Gasteiger partial charge in [-0.05, 0) is 11.8 Å². The Bertz CT molecular complexity index is 334. The van der Waals surface area contributed by atoms with Crippen LogP contribution in [-0.4, -0.2) is 23.1 Å². The smallest absolute Gasteiger partial charge is 0.218 e. The molecule has 0 aliphatic heterocycles. The third kappa shape index (κ3) is 5.34. The van der Waals surface area contributed by atoms with E-state index in [1.165, 1.54) is 0 Å². The maximum atomic E-state index is 5.67. The van der Waals surface area contributed by atoms with Crippen LogP contribution in [0.2, 0.25) is 0 Å². The highest BCUT2D eigenvalue weighted by Gasteiger charge is 2.06. The van der Waals surface area contributed by atoms with Crippen molar-refractivity contribution in [3.05, 3.63) is 11.9 Å². The standard InChI is InChI=1S/C14H25N3O/c1-6-12-16-13(15-8-10(2)3)7-14(17-12)18-9-11(4)5/h7,10-11H,6,8-9H2,1-5H3,(H,15,16,17).